The molecule has 1 fully saturated rings. The van der Waals surface area contributed by atoms with Crippen LogP contribution in [0.15, 0.2) is 46.9 Å². The third-order valence-electron chi connectivity index (χ3n) is 4.09. The van der Waals surface area contributed by atoms with E-state index in [0.29, 0.717) is 5.92 Å². The lowest BCUT2D eigenvalue weighted by molar-refractivity contribution is 0.533. The van der Waals surface area contributed by atoms with Crippen LogP contribution < -0.4 is 5.32 Å². The maximum absolute atomic E-state index is 6.26. The molecular formula is C18H17ClN2O. The van der Waals surface area contributed by atoms with Crippen LogP contribution in [0.4, 0.5) is 5.69 Å². The Bertz CT molecular complexity index is 823. The van der Waals surface area contributed by atoms with Crippen molar-refractivity contribution in [1.29, 1.82) is 0 Å². The highest BCUT2D eigenvalue weighted by molar-refractivity contribution is 6.31. The molecule has 1 aliphatic rings. The van der Waals surface area contributed by atoms with Gasteiger partial charge in [-0.15, -0.1) is 0 Å². The molecule has 1 saturated carbocycles. The third-order valence-corrected chi connectivity index (χ3v) is 4.43. The van der Waals surface area contributed by atoms with E-state index in [2.05, 4.69) is 17.2 Å². The van der Waals surface area contributed by atoms with E-state index in [1.54, 1.807) is 0 Å². The first kappa shape index (κ1) is 13.6. The summed E-state index contributed by atoms with van der Waals surface area (Å²) in [7, 11) is 0. The van der Waals surface area contributed by atoms with E-state index in [0.717, 1.165) is 33.3 Å². The van der Waals surface area contributed by atoms with Gasteiger partial charge in [-0.2, -0.15) is 0 Å². The van der Waals surface area contributed by atoms with Crippen molar-refractivity contribution in [2.24, 2.45) is 0 Å². The zero-order valence-electron chi connectivity index (χ0n) is 12.3. The standard InChI is InChI=1S/C18H17ClN2O/c1-11(14-4-2-3-5-15(14)19)20-13-8-9-17-16(10-13)21-18(22-17)12-6-7-12/h2-5,8-12,20H,6-7H2,1H3. The van der Waals surface area contributed by atoms with Gasteiger partial charge in [-0.05, 0) is 49.6 Å². The highest BCUT2D eigenvalue weighted by Gasteiger charge is 2.28. The molecule has 1 aromatic heterocycles. The molecule has 112 valence electrons. The van der Waals surface area contributed by atoms with Gasteiger partial charge in [0.25, 0.3) is 0 Å². The van der Waals surface area contributed by atoms with Crippen LogP contribution >= 0.6 is 11.6 Å². The number of hydrogen-bond acceptors (Lipinski definition) is 3. The molecule has 0 aliphatic heterocycles. The Morgan fingerprint density at radius 3 is 2.82 bits per heavy atom. The molecule has 0 saturated heterocycles. The number of nitrogens with zero attached hydrogens (tertiary/aromatic N) is 1. The highest BCUT2D eigenvalue weighted by atomic mass is 35.5. The number of aromatic nitrogens is 1. The van der Waals surface area contributed by atoms with Gasteiger partial charge < -0.3 is 9.73 Å². The van der Waals surface area contributed by atoms with Gasteiger partial charge in [0.2, 0.25) is 0 Å². The van der Waals surface area contributed by atoms with E-state index in [1.165, 1.54) is 12.8 Å². The number of benzene rings is 2. The van der Waals surface area contributed by atoms with Crippen LogP contribution in [0, 0.1) is 0 Å². The van der Waals surface area contributed by atoms with Crippen molar-refractivity contribution >= 4 is 28.4 Å². The summed E-state index contributed by atoms with van der Waals surface area (Å²) < 4.78 is 5.80. The summed E-state index contributed by atoms with van der Waals surface area (Å²) in [6, 6.07) is 14.1. The second kappa shape index (κ2) is 5.33. The number of fused-ring (bicyclic) bond motifs is 1. The summed E-state index contributed by atoms with van der Waals surface area (Å²) in [4.78, 5) is 4.60. The maximum atomic E-state index is 6.26. The smallest absolute Gasteiger partial charge is 0.198 e. The number of rotatable bonds is 4. The summed E-state index contributed by atoms with van der Waals surface area (Å²) in [6.07, 6.45) is 2.39. The van der Waals surface area contributed by atoms with Crippen molar-refractivity contribution in [3.63, 3.8) is 0 Å². The minimum Gasteiger partial charge on any atom is -0.440 e. The molecule has 1 N–H and O–H groups in total. The van der Waals surface area contributed by atoms with E-state index < -0.39 is 0 Å². The van der Waals surface area contributed by atoms with E-state index in [9.17, 15) is 0 Å². The van der Waals surface area contributed by atoms with E-state index in [-0.39, 0.29) is 6.04 Å². The summed E-state index contributed by atoms with van der Waals surface area (Å²) in [5, 5.41) is 4.26. The van der Waals surface area contributed by atoms with Gasteiger partial charge in [-0.3, -0.25) is 0 Å². The van der Waals surface area contributed by atoms with Crippen molar-refractivity contribution in [3.05, 3.63) is 58.9 Å². The second-order valence-electron chi connectivity index (χ2n) is 5.90. The Kier molecular flexibility index (Phi) is 3.30. The van der Waals surface area contributed by atoms with Crippen molar-refractivity contribution < 1.29 is 4.42 Å². The maximum Gasteiger partial charge on any atom is 0.198 e. The van der Waals surface area contributed by atoms with Crippen LogP contribution in [0.25, 0.3) is 11.1 Å². The third kappa shape index (κ3) is 2.57. The highest BCUT2D eigenvalue weighted by Crippen LogP contribution is 2.40. The first-order chi connectivity index (χ1) is 10.7. The molecule has 3 aromatic rings. The lowest BCUT2D eigenvalue weighted by atomic mass is 10.1. The lowest BCUT2D eigenvalue weighted by Crippen LogP contribution is -2.06. The lowest BCUT2D eigenvalue weighted by Gasteiger charge is -2.16. The van der Waals surface area contributed by atoms with Crippen LogP contribution in [0.3, 0.4) is 0 Å². The number of anilines is 1. The number of nitrogens with one attached hydrogen (secondary N) is 1. The minimum absolute atomic E-state index is 0.126. The van der Waals surface area contributed by atoms with Crippen molar-refractivity contribution in [1.82, 2.24) is 4.98 Å². The summed E-state index contributed by atoms with van der Waals surface area (Å²) >= 11 is 6.26. The topological polar surface area (TPSA) is 38.1 Å². The van der Waals surface area contributed by atoms with Crippen molar-refractivity contribution in [2.75, 3.05) is 5.32 Å². The predicted molar refractivity (Wildman–Crippen MR) is 89.5 cm³/mol. The fourth-order valence-corrected chi connectivity index (χ4v) is 2.99. The van der Waals surface area contributed by atoms with Crippen LogP contribution in [0.1, 0.15) is 43.2 Å². The molecule has 1 atom stereocenters. The summed E-state index contributed by atoms with van der Waals surface area (Å²) in [5.74, 6) is 1.41. The zero-order chi connectivity index (χ0) is 15.1. The molecule has 0 bridgehead atoms. The fourth-order valence-electron chi connectivity index (χ4n) is 2.69. The first-order valence-corrected chi connectivity index (χ1v) is 8.00. The fraction of sp³-hybridized carbons (Fsp3) is 0.278. The van der Waals surface area contributed by atoms with Gasteiger partial charge in [-0.1, -0.05) is 29.8 Å². The Morgan fingerprint density at radius 1 is 1.23 bits per heavy atom. The Balaban J connectivity index is 1.59. The number of oxazole rings is 1. The van der Waals surface area contributed by atoms with Crippen LogP contribution in [-0.4, -0.2) is 4.98 Å². The molecule has 1 heterocycles. The van der Waals surface area contributed by atoms with E-state index >= 15 is 0 Å². The van der Waals surface area contributed by atoms with Crippen molar-refractivity contribution in [3.8, 4) is 0 Å². The molecule has 4 heteroatoms. The van der Waals surface area contributed by atoms with Gasteiger partial charge >= 0.3 is 0 Å². The van der Waals surface area contributed by atoms with Crippen LogP contribution in [-0.2, 0) is 0 Å². The van der Waals surface area contributed by atoms with Gasteiger partial charge in [0, 0.05) is 22.7 Å². The molecule has 0 amide bonds. The molecule has 3 nitrogen and oxygen atoms in total. The average molecular weight is 313 g/mol. The zero-order valence-corrected chi connectivity index (χ0v) is 13.1. The largest absolute Gasteiger partial charge is 0.440 e. The quantitative estimate of drug-likeness (QED) is 0.688. The van der Waals surface area contributed by atoms with Gasteiger partial charge in [0.05, 0.1) is 0 Å². The molecule has 0 spiro atoms. The SMILES string of the molecule is CC(Nc1ccc2oc(C3CC3)nc2c1)c1ccccc1Cl. The van der Waals surface area contributed by atoms with Crippen molar-refractivity contribution in [2.45, 2.75) is 31.7 Å². The first-order valence-electron chi connectivity index (χ1n) is 7.62. The summed E-state index contributed by atoms with van der Waals surface area (Å²) in [5.41, 5.74) is 3.88. The van der Waals surface area contributed by atoms with Gasteiger partial charge in [0.1, 0.15) is 5.52 Å². The molecule has 1 aliphatic carbocycles. The van der Waals surface area contributed by atoms with E-state index in [1.807, 2.05) is 42.5 Å². The number of halogens is 1. The molecule has 2 aromatic carbocycles. The molecular weight excluding hydrogens is 296 g/mol. The second-order valence-corrected chi connectivity index (χ2v) is 6.30. The van der Waals surface area contributed by atoms with E-state index in [4.69, 9.17) is 16.0 Å². The molecule has 22 heavy (non-hydrogen) atoms. The molecule has 0 radical (unpaired) electrons. The molecule has 1 unspecified atom stereocenters. The molecule has 4 rings (SSSR count). The Morgan fingerprint density at radius 2 is 2.05 bits per heavy atom. The summed E-state index contributed by atoms with van der Waals surface area (Å²) in [6.45, 7) is 2.10. The minimum atomic E-state index is 0.126. The normalized spacial score (nSPS) is 15.9. The monoisotopic (exact) mass is 312 g/mol. The van der Waals surface area contributed by atoms with Crippen LogP contribution in [0.2, 0.25) is 5.02 Å². The van der Waals surface area contributed by atoms with Gasteiger partial charge in [0.15, 0.2) is 11.5 Å². The van der Waals surface area contributed by atoms with Crippen LogP contribution in [0.5, 0.6) is 0 Å². The number of hydrogen-bond donors (Lipinski definition) is 1. The Hall–Kier alpha value is -2.00. The average Bonchev–Trinajstić information content (AvgIpc) is 3.27. The Labute approximate surface area is 134 Å². The predicted octanol–water partition coefficient (Wildman–Crippen LogP) is 5.53. The van der Waals surface area contributed by atoms with Gasteiger partial charge in [-0.25, -0.2) is 4.98 Å².